The van der Waals surface area contributed by atoms with Crippen molar-refractivity contribution in [2.24, 2.45) is 5.84 Å². The van der Waals surface area contributed by atoms with Crippen LogP contribution in [0.15, 0.2) is 91.0 Å². The molecule has 0 radical (unpaired) electrons. The van der Waals surface area contributed by atoms with Crippen LogP contribution in [0.3, 0.4) is 0 Å². The molecule has 1 aliphatic rings. The van der Waals surface area contributed by atoms with Gasteiger partial charge in [0.05, 0.1) is 23.6 Å². The summed E-state index contributed by atoms with van der Waals surface area (Å²) < 4.78 is 8.96. The lowest BCUT2D eigenvalue weighted by Gasteiger charge is -2.23. The van der Waals surface area contributed by atoms with Crippen molar-refractivity contribution in [1.82, 2.24) is 9.99 Å². The molecule has 272 valence electrons. The van der Waals surface area contributed by atoms with Crippen LogP contribution in [0.5, 0.6) is 5.75 Å². The number of hydrogen-bond acceptors (Lipinski definition) is 4. The summed E-state index contributed by atoms with van der Waals surface area (Å²) >= 11 is 0. The molecule has 4 aromatic carbocycles. The first-order valence-corrected chi connectivity index (χ1v) is 19.2. The van der Waals surface area contributed by atoms with E-state index in [0.717, 1.165) is 86.6 Å². The van der Waals surface area contributed by atoms with Crippen LogP contribution < -0.4 is 16.0 Å². The number of carboxylic acid groups (broad SMARTS) is 1. The zero-order valence-corrected chi connectivity index (χ0v) is 30.5. The van der Waals surface area contributed by atoms with Gasteiger partial charge < -0.3 is 14.4 Å². The maximum Gasteiger partial charge on any atom is 0.335 e. The molecule has 7 heteroatoms. The lowest BCUT2D eigenvalue weighted by atomic mass is 9.84. The Morgan fingerprint density at radius 2 is 1.48 bits per heavy atom. The third kappa shape index (κ3) is 9.12. The Labute approximate surface area is 308 Å². The smallest absolute Gasteiger partial charge is 0.335 e. The second-order valence-electron chi connectivity index (χ2n) is 14.3. The Morgan fingerprint density at radius 3 is 2.19 bits per heavy atom. The Bertz CT molecular complexity index is 1930. The highest BCUT2D eigenvalue weighted by molar-refractivity contribution is 5.96. The summed E-state index contributed by atoms with van der Waals surface area (Å²) in [6.07, 6.45) is 13.2. The first-order valence-electron chi connectivity index (χ1n) is 19.2. The second-order valence-corrected chi connectivity index (χ2v) is 14.3. The van der Waals surface area contributed by atoms with Crippen LogP contribution in [0.25, 0.3) is 10.9 Å². The molecule has 0 saturated heterocycles. The normalized spacial score (nSPS) is 13.9. The number of nitrogens with zero attached hydrogens (tertiary/aromatic N) is 1. The van der Waals surface area contributed by atoms with Gasteiger partial charge in [-0.05, 0) is 115 Å². The van der Waals surface area contributed by atoms with E-state index < -0.39 is 5.97 Å². The largest absolute Gasteiger partial charge is 0.494 e. The third-order valence-corrected chi connectivity index (χ3v) is 10.6. The second kappa shape index (κ2) is 18.1. The molecule has 1 aromatic heterocycles. The summed E-state index contributed by atoms with van der Waals surface area (Å²) in [7, 11) is 0. The van der Waals surface area contributed by atoms with E-state index in [1.807, 2.05) is 12.1 Å². The average molecular weight is 700 g/mol. The molecule has 0 saturated carbocycles. The van der Waals surface area contributed by atoms with Crippen molar-refractivity contribution in [3.8, 4) is 5.75 Å². The SMILES string of the molecule is CCCCCCCc1cc(OCCCc2ccc(C(=O)O)cc2)cc2c3c(n(Cc4ccc(CCc5ccccc5)cc4)c12)CCCC3C(=O)NN. The van der Waals surface area contributed by atoms with Gasteiger partial charge in [0.25, 0.3) is 0 Å². The molecule has 6 rings (SSSR count). The molecule has 52 heavy (non-hydrogen) atoms. The average Bonchev–Trinajstić information content (AvgIpc) is 3.49. The number of fused-ring (bicyclic) bond motifs is 3. The lowest BCUT2D eigenvalue weighted by Crippen LogP contribution is -2.36. The van der Waals surface area contributed by atoms with Gasteiger partial charge in [0.15, 0.2) is 0 Å². The highest BCUT2D eigenvalue weighted by atomic mass is 16.5. The number of amides is 1. The van der Waals surface area contributed by atoms with Gasteiger partial charge in [-0.15, -0.1) is 0 Å². The van der Waals surface area contributed by atoms with Gasteiger partial charge in [0.1, 0.15) is 5.75 Å². The maximum atomic E-state index is 13.3. The van der Waals surface area contributed by atoms with Crippen molar-refractivity contribution in [3.05, 3.63) is 136 Å². The number of unbranched alkanes of at least 4 members (excludes halogenated alkanes) is 4. The topological polar surface area (TPSA) is 107 Å². The Morgan fingerprint density at radius 1 is 0.808 bits per heavy atom. The van der Waals surface area contributed by atoms with Crippen molar-refractivity contribution < 1.29 is 19.4 Å². The molecule has 1 unspecified atom stereocenters. The van der Waals surface area contributed by atoms with Crippen molar-refractivity contribution in [3.63, 3.8) is 0 Å². The third-order valence-electron chi connectivity index (χ3n) is 10.6. The molecule has 0 bridgehead atoms. The molecule has 7 nitrogen and oxygen atoms in total. The van der Waals surface area contributed by atoms with Crippen LogP contribution in [0.1, 0.15) is 114 Å². The number of aryl methyl sites for hydroxylation is 4. The van der Waals surface area contributed by atoms with Gasteiger partial charge in [-0.25, -0.2) is 10.6 Å². The molecule has 1 amide bonds. The first kappa shape index (κ1) is 36.9. The van der Waals surface area contributed by atoms with Crippen LogP contribution >= 0.6 is 0 Å². The van der Waals surface area contributed by atoms with Crippen molar-refractivity contribution in [2.75, 3.05) is 6.61 Å². The van der Waals surface area contributed by atoms with E-state index >= 15 is 0 Å². The zero-order chi connectivity index (χ0) is 36.3. The monoisotopic (exact) mass is 699 g/mol. The van der Waals surface area contributed by atoms with Crippen LogP contribution in [0.2, 0.25) is 0 Å². The van der Waals surface area contributed by atoms with Crippen LogP contribution in [-0.2, 0) is 43.4 Å². The predicted octanol–water partition coefficient (Wildman–Crippen LogP) is 9.11. The molecular weight excluding hydrogens is 647 g/mol. The number of rotatable bonds is 18. The fourth-order valence-electron chi connectivity index (χ4n) is 7.84. The van der Waals surface area contributed by atoms with Crippen molar-refractivity contribution in [1.29, 1.82) is 0 Å². The Hall–Kier alpha value is -4.88. The number of ether oxygens (including phenoxy) is 1. The molecule has 1 atom stereocenters. The summed E-state index contributed by atoms with van der Waals surface area (Å²) in [6.45, 7) is 3.52. The maximum absolute atomic E-state index is 13.3. The number of nitrogens with two attached hydrogens (primary N) is 1. The van der Waals surface area contributed by atoms with Gasteiger partial charge in [-0.3, -0.25) is 10.2 Å². The van der Waals surface area contributed by atoms with Crippen LogP contribution in [0.4, 0.5) is 0 Å². The number of benzene rings is 4. The minimum atomic E-state index is -0.916. The van der Waals surface area contributed by atoms with Gasteiger partial charge in [-0.2, -0.15) is 0 Å². The molecule has 0 aliphatic heterocycles. The summed E-state index contributed by atoms with van der Waals surface area (Å²) in [6, 6.07) is 31.2. The minimum Gasteiger partial charge on any atom is -0.494 e. The molecular formula is C45H53N3O4. The van der Waals surface area contributed by atoms with E-state index in [9.17, 15) is 14.7 Å². The number of carboxylic acids is 1. The number of carbonyl (C=O) groups excluding carboxylic acids is 1. The zero-order valence-electron chi connectivity index (χ0n) is 30.5. The van der Waals surface area contributed by atoms with Gasteiger partial charge >= 0.3 is 5.97 Å². The quantitative estimate of drug-likeness (QED) is 0.0366. The van der Waals surface area contributed by atoms with Crippen LogP contribution in [-0.4, -0.2) is 28.2 Å². The summed E-state index contributed by atoms with van der Waals surface area (Å²) in [5, 5.41) is 10.3. The molecule has 0 spiro atoms. The molecule has 1 heterocycles. The molecule has 5 aromatic rings. The van der Waals surface area contributed by atoms with E-state index in [2.05, 4.69) is 83.6 Å². The number of aromatic carboxylic acids is 1. The Balaban J connectivity index is 1.30. The van der Waals surface area contributed by atoms with E-state index in [1.165, 1.54) is 59.1 Å². The highest BCUT2D eigenvalue weighted by Gasteiger charge is 2.33. The first-order chi connectivity index (χ1) is 25.4. The molecule has 4 N–H and O–H groups in total. The summed E-state index contributed by atoms with van der Waals surface area (Å²) in [5.41, 5.74) is 12.6. The van der Waals surface area contributed by atoms with Gasteiger partial charge in [0, 0.05) is 17.6 Å². The lowest BCUT2D eigenvalue weighted by molar-refractivity contribution is -0.122. The fourth-order valence-corrected chi connectivity index (χ4v) is 7.84. The molecule has 0 fully saturated rings. The van der Waals surface area contributed by atoms with Gasteiger partial charge in [-0.1, -0.05) is 99.3 Å². The van der Waals surface area contributed by atoms with E-state index in [4.69, 9.17) is 10.6 Å². The predicted molar refractivity (Wildman–Crippen MR) is 209 cm³/mol. The summed E-state index contributed by atoms with van der Waals surface area (Å²) in [5.74, 6) is 5.24. The van der Waals surface area contributed by atoms with Crippen molar-refractivity contribution in [2.45, 2.75) is 103 Å². The van der Waals surface area contributed by atoms with Crippen molar-refractivity contribution >= 4 is 22.8 Å². The summed E-state index contributed by atoms with van der Waals surface area (Å²) in [4.78, 5) is 24.5. The number of hydrazine groups is 1. The Kier molecular flexibility index (Phi) is 12.8. The number of nitrogens with one attached hydrogen (secondary N) is 1. The number of hydrogen-bond donors (Lipinski definition) is 3. The fraction of sp³-hybridized carbons (Fsp3) is 0.378. The highest BCUT2D eigenvalue weighted by Crippen LogP contribution is 2.43. The van der Waals surface area contributed by atoms with E-state index in [-0.39, 0.29) is 11.8 Å². The number of carbonyl (C=O) groups is 2. The standard InChI is InChI=1S/C45H53N3O4/c1-2-3-4-5-9-15-37-29-38(52-28-11-14-33-24-26-36(27-25-33)45(50)51)30-40-42-39(44(49)47-46)16-10-17-41(42)48(43(37)40)31-35-22-20-34(21-23-35)19-18-32-12-7-6-8-13-32/h6-8,12-13,20-27,29-30,39H,2-5,9-11,14-19,28,31,46H2,1H3,(H,47,49)(H,50,51). The van der Waals surface area contributed by atoms with Crippen LogP contribution in [0, 0.1) is 0 Å². The van der Waals surface area contributed by atoms with Gasteiger partial charge in [0.2, 0.25) is 5.91 Å². The minimum absolute atomic E-state index is 0.135. The van der Waals surface area contributed by atoms with E-state index in [0.29, 0.717) is 12.2 Å². The number of aromatic nitrogens is 1. The molecule has 1 aliphatic carbocycles. The van der Waals surface area contributed by atoms with E-state index in [1.54, 1.807) is 12.1 Å².